The van der Waals surface area contributed by atoms with Crippen molar-refractivity contribution in [2.45, 2.75) is 30.0 Å². The number of aryl methyl sites for hydroxylation is 1. The zero-order valence-corrected chi connectivity index (χ0v) is 15.1. The summed E-state index contributed by atoms with van der Waals surface area (Å²) in [6.45, 7) is 1.98. The van der Waals surface area contributed by atoms with E-state index in [4.69, 9.17) is 4.98 Å². The maximum absolute atomic E-state index is 4.80. The highest BCUT2D eigenvalue weighted by Crippen LogP contribution is 2.39. The molecule has 5 rings (SSSR count). The Morgan fingerprint density at radius 2 is 2.28 bits per heavy atom. The highest BCUT2D eigenvalue weighted by Gasteiger charge is 2.24. The van der Waals surface area contributed by atoms with Gasteiger partial charge in [-0.3, -0.25) is 9.50 Å². The largest absolute Gasteiger partial charge is 0.328 e. The fourth-order valence-electron chi connectivity index (χ4n) is 2.61. The number of anilines is 2. The van der Waals surface area contributed by atoms with Crippen molar-refractivity contribution < 1.29 is 0 Å². The van der Waals surface area contributed by atoms with Crippen LogP contribution in [0.2, 0.25) is 0 Å². The molecule has 1 saturated carbocycles. The molecule has 2 N–H and O–H groups in total. The predicted molar refractivity (Wildman–Crippen MR) is 99.6 cm³/mol. The number of nitrogens with zero attached hydrogens (tertiary/aromatic N) is 5. The first-order valence-electron chi connectivity index (χ1n) is 8.00. The molecule has 0 atom stereocenters. The van der Waals surface area contributed by atoms with Gasteiger partial charge in [-0.1, -0.05) is 0 Å². The first-order valence-corrected chi connectivity index (χ1v) is 9.66. The van der Waals surface area contributed by atoms with E-state index in [-0.39, 0.29) is 0 Å². The van der Waals surface area contributed by atoms with Gasteiger partial charge in [0.15, 0.2) is 11.5 Å². The Morgan fingerprint density at radius 1 is 1.36 bits per heavy atom. The molecular formula is C16H15N7S2. The van der Waals surface area contributed by atoms with Crippen molar-refractivity contribution in [2.75, 3.05) is 5.32 Å². The van der Waals surface area contributed by atoms with Gasteiger partial charge < -0.3 is 5.32 Å². The van der Waals surface area contributed by atoms with Crippen LogP contribution in [0.4, 0.5) is 10.8 Å². The minimum Gasteiger partial charge on any atom is -0.328 e. The van der Waals surface area contributed by atoms with E-state index in [1.165, 1.54) is 24.4 Å². The average Bonchev–Trinajstić information content (AvgIpc) is 3.01. The Balaban J connectivity index is 1.63. The molecule has 0 saturated heterocycles. The van der Waals surface area contributed by atoms with Crippen molar-refractivity contribution in [3.63, 3.8) is 0 Å². The quantitative estimate of drug-likeness (QED) is 0.555. The molecule has 4 aromatic rings. The van der Waals surface area contributed by atoms with Crippen molar-refractivity contribution in [1.29, 1.82) is 0 Å². The van der Waals surface area contributed by atoms with Crippen LogP contribution in [-0.2, 0) is 0 Å². The molecule has 7 nitrogen and oxygen atoms in total. The maximum Gasteiger partial charge on any atom is 0.181 e. The first kappa shape index (κ1) is 14.9. The average molecular weight is 369 g/mol. The zero-order chi connectivity index (χ0) is 16.8. The van der Waals surface area contributed by atoms with Gasteiger partial charge in [-0.2, -0.15) is 9.47 Å². The Hall–Kier alpha value is -2.39. The lowest BCUT2D eigenvalue weighted by Gasteiger charge is -2.09. The number of thioether (sulfide) groups is 1. The first-order chi connectivity index (χ1) is 12.3. The highest BCUT2D eigenvalue weighted by molar-refractivity contribution is 8.00. The molecule has 4 aromatic heterocycles. The molecule has 0 aliphatic heterocycles. The fourth-order valence-corrected chi connectivity index (χ4v) is 4.29. The van der Waals surface area contributed by atoms with Crippen LogP contribution in [-0.4, -0.2) is 34.2 Å². The molecule has 9 heteroatoms. The van der Waals surface area contributed by atoms with Gasteiger partial charge in [0.05, 0.1) is 23.8 Å². The number of imidazole rings is 1. The Bertz CT molecular complexity index is 1030. The lowest BCUT2D eigenvalue weighted by molar-refractivity contribution is 1.03. The number of nitrogens with one attached hydrogen (secondary N) is 2. The van der Waals surface area contributed by atoms with E-state index in [0.717, 1.165) is 38.4 Å². The molecular weight excluding hydrogens is 354 g/mol. The molecule has 0 bridgehead atoms. The van der Waals surface area contributed by atoms with Gasteiger partial charge in [0, 0.05) is 23.2 Å². The second-order valence-electron chi connectivity index (χ2n) is 6.03. The lowest BCUT2D eigenvalue weighted by atomic mass is 10.3. The lowest BCUT2D eigenvalue weighted by Crippen LogP contribution is -2.00. The van der Waals surface area contributed by atoms with Gasteiger partial charge in [0.25, 0.3) is 0 Å². The second kappa shape index (κ2) is 5.85. The van der Waals surface area contributed by atoms with Crippen LogP contribution in [0.1, 0.15) is 18.5 Å². The monoisotopic (exact) mass is 369 g/mol. The Kier molecular flexibility index (Phi) is 3.49. The number of rotatable bonds is 5. The van der Waals surface area contributed by atoms with Gasteiger partial charge in [0.1, 0.15) is 10.0 Å². The smallest absolute Gasteiger partial charge is 0.181 e. The molecule has 1 aliphatic carbocycles. The fraction of sp³-hybridized carbons (Fsp3) is 0.250. The molecule has 0 spiro atoms. The third-order valence-electron chi connectivity index (χ3n) is 3.95. The SMILES string of the molecule is Cc1cc(Nc2nc(SC3CC3)cn3c(-c4cn[nH]c4)cnc23)sn1. The van der Waals surface area contributed by atoms with E-state index < -0.39 is 0 Å². The summed E-state index contributed by atoms with van der Waals surface area (Å²) < 4.78 is 6.41. The summed E-state index contributed by atoms with van der Waals surface area (Å²) in [6, 6.07) is 2.02. The molecule has 25 heavy (non-hydrogen) atoms. The summed E-state index contributed by atoms with van der Waals surface area (Å²) in [6.07, 6.45) is 10.1. The van der Waals surface area contributed by atoms with Gasteiger partial charge in [-0.15, -0.1) is 11.8 Å². The summed E-state index contributed by atoms with van der Waals surface area (Å²) in [5.41, 5.74) is 3.78. The normalized spacial score (nSPS) is 14.3. The van der Waals surface area contributed by atoms with Gasteiger partial charge in [-0.25, -0.2) is 9.97 Å². The number of hydrogen-bond acceptors (Lipinski definition) is 7. The number of aromatic amines is 1. The van der Waals surface area contributed by atoms with Gasteiger partial charge in [-0.05, 0) is 37.4 Å². The number of hydrogen-bond donors (Lipinski definition) is 2. The standard InChI is InChI=1S/C16H15N7S2/c1-9-4-13(25-22-9)20-15-16-17-7-12(10-5-18-19-6-10)23(16)8-14(21-15)24-11-2-3-11/h4-8,11H,2-3H2,1H3,(H,18,19)(H,20,21). The van der Waals surface area contributed by atoms with Crippen LogP contribution in [0.3, 0.4) is 0 Å². The van der Waals surface area contributed by atoms with Crippen molar-refractivity contribution in [3.8, 4) is 11.3 Å². The van der Waals surface area contributed by atoms with Crippen molar-refractivity contribution >= 4 is 39.8 Å². The summed E-state index contributed by atoms with van der Waals surface area (Å²) in [5.74, 6) is 0.754. The molecule has 0 aromatic carbocycles. The topological polar surface area (TPSA) is 83.8 Å². The van der Waals surface area contributed by atoms with Crippen LogP contribution in [0, 0.1) is 6.92 Å². The van der Waals surface area contributed by atoms with Crippen LogP contribution >= 0.6 is 23.3 Å². The van der Waals surface area contributed by atoms with Crippen molar-refractivity contribution in [1.82, 2.24) is 28.9 Å². The zero-order valence-electron chi connectivity index (χ0n) is 13.4. The molecule has 126 valence electrons. The van der Waals surface area contributed by atoms with E-state index in [0.29, 0.717) is 5.25 Å². The second-order valence-corrected chi connectivity index (χ2v) is 8.15. The summed E-state index contributed by atoms with van der Waals surface area (Å²) in [4.78, 5) is 9.39. The van der Waals surface area contributed by atoms with Crippen LogP contribution in [0.15, 0.2) is 35.9 Å². The van der Waals surface area contributed by atoms with E-state index in [1.807, 2.05) is 37.1 Å². The van der Waals surface area contributed by atoms with Gasteiger partial charge in [0.2, 0.25) is 0 Å². The minimum atomic E-state index is 0.685. The molecule has 0 amide bonds. The molecule has 4 heterocycles. The predicted octanol–water partition coefficient (Wildman–Crippen LogP) is 3.88. The number of aromatic nitrogens is 6. The van der Waals surface area contributed by atoms with Crippen LogP contribution < -0.4 is 5.32 Å². The minimum absolute atomic E-state index is 0.685. The van der Waals surface area contributed by atoms with Crippen LogP contribution in [0.5, 0.6) is 0 Å². The molecule has 1 fully saturated rings. The summed E-state index contributed by atoms with van der Waals surface area (Å²) >= 11 is 3.26. The highest BCUT2D eigenvalue weighted by atomic mass is 32.2. The molecule has 1 aliphatic rings. The molecule has 0 radical (unpaired) electrons. The van der Waals surface area contributed by atoms with E-state index >= 15 is 0 Å². The van der Waals surface area contributed by atoms with E-state index in [1.54, 1.807) is 6.20 Å². The third kappa shape index (κ3) is 2.89. The summed E-state index contributed by atoms with van der Waals surface area (Å²) in [5, 5.41) is 12.9. The maximum atomic E-state index is 4.80. The van der Waals surface area contributed by atoms with Crippen molar-refractivity contribution in [3.05, 3.63) is 36.5 Å². The van der Waals surface area contributed by atoms with E-state index in [2.05, 4.69) is 35.5 Å². The molecule has 0 unspecified atom stereocenters. The Morgan fingerprint density at radius 3 is 3.00 bits per heavy atom. The number of fused-ring (bicyclic) bond motifs is 1. The Labute approximate surface area is 152 Å². The van der Waals surface area contributed by atoms with Gasteiger partial charge >= 0.3 is 0 Å². The van der Waals surface area contributed by atoms with Crippen LogP contribution in [0.25, 0.3) is 16.9 Å². The summed E-state index contributed by atoms with van der Waals surface area (Å²) in [7, 11) is 0. The number of H-pyrrole nitrogens is 1. The third-order valence-corrected chi connectivity index (χ3v) is 5.98. The van der Waals surface area contributed by atoms with Crippen molar-refractivity contribution in [2.24, 2.45) is 0 Å². The van der Waals surface area contributed by atoms with E-state index in [9.17, 15) is 0 Å².